The smallest absolute Gasteiger partial charge is 0.133 e. The first-order valence-corrected chi connectivity index (χ1v) is 8.07. The zero-order valence-corrected chi connectivity index (χ0v) is 15.2. The van der Waals surface area contributed by atoms with Crippen LogP contribution in [-0.4, -0.2) is 24.1 Å². The molecule has 1 unspecified atom stereocenters. The molecule has 3 heteroatoms. The van der Waals surface area contributed by atoms with E-state index in [1.54, 1.807) is 0 Å². The minimum absolute atomic E-state index is 0.115. The fraction of sp³-hybridized carbons (Fsp3) is 0.722. The molecular weight excluding hydrogens is 258 g/mol. The van der Waals surface area contributed by atoms with Crippen LogP contribution in [0, 0.1) is 19.8 Å². The summed E-state index contributed by atoms with van der Waals surface area (Å²) in [7, 11) is 2.16. The zero-order chi connectivity index (χ0) is 16.2. The molecule has 1 aromatic heterocycles. The molecule has 0 saturated carbocycles. The van der Waals surface area contributed by atoms with E-state index in [4.69, 9.17) is 4.98 Å². The maximum absolute atomic E-state index is 4.81. The monoisotopic (exact) mass is 291 g/mol. The summed E-state index contributed by atoms with van der Waals surface area (Å²) < 4.78 is 0. The van der Waals surface area contributed by atoms with Crippen LogP contribution in [0.2, 0.25) is 0 Å². The van der Waals surface area contributed by atoms with Gasteiger partial charge in [-0.25, -0.2) is 4.98 Å². The maximum atomic E-state index is 4.81. The molecule has 0 saturated heterocycles. The zero-order valence-electron chi connectivity index (χ0n) is 15.2. The first-order chi connectivity index (χ1) is 9.64. The molecule has 0 amide bonds. The molecular formula is C18H33N3. The molecule has 3 nitrogen and oxygen atoms in total. The topological polar surface area (TPSA) is 28.2 Å². The van der Waals surface area contributed by atoms with Crippen LogP contribution in [0.15, 0.2) is 6.07 Å². The molecule has 0 aliphatic carbocycles. The number of aryl methyl sites for hydroxylation is 2. The Kier molecular flexibility index (Phi) is 6.21. The van der Waals surface area contributed by atoms with E-state index in [1.807, 2.05) is 0 Å². The first-order valence-electron chi connectivity index (χ1n) is 8.07. The van der Waals surface area contributed by atoms with E-state index in [0.717, 1.165) is 24.6 Å². The summed E-state index contributed by atoms with van der Waals surface area (Å²) in [5, 5.41) is 3.59. The number of pyridine rings is 1. The van der Waals surface area contributed by atoms with Crippen LogP contribution in [0.5, 0.6) is 0 Å². The Morgan fingerprint density at radius 3 is 2.43 bits per heavy atom. The van der Waals surface area contributed by atoms with Crippen LogP contribution in [0.3, 0.4) is 0 Å². The van der Waals surface area contributed by atoms with Gasteiger partial charge in [0.1, 0.15) is 5.82 Å². The minimum Gasteiger partial charge on any atom is -0.359 e. The molecule has 0 aromatic carbocycles. The van der Waals surface area contributed by atoms with Gasteiger partial charge >= 0.3 is 0 Å². The maximum Gasteiger partial charge on any atom is 0.133 e. The number of hydrogen-bond acceptors (Lipinski definition) is 3. The third kappa shape index (κ3) is 5.66. The van der Waals surface area contributed by atoms with Crippen molar-refractivity contribution in [3.05, 3.63) is 22.9 Å². The van der Waals surface area contributed by atoms with Gasteiger partial charge in [0.25, 0.3) is 0 Å². The SMILES string of the molecule is CCC(C)CN(C)c1nc(C)cc(C)c1CNC(C)(C)C. The molecule has 0 bridgehead atoms. The van der Waals surface area contributed by atoms with E-state index in [-0.39, 0.29) is 5.54 Å². The van der Waals surface area contributed by atoms with Crippen LogP contribution in [-0.2, 0) is 6.54 Å². The van der Waals surface area contributed by atoms with Crippen molar-refractivity contribution in [3.8, 4) is 0 Å². The minimum atomic E-state index is 0.115. The number of nitrogens with zero attached hydrogens (tertiary/aromatic N) is 2. The molecule has 0 fully saturated rings. The average Bonchev–Trinajstić information content (AvgIpc) is 2.35. The second-order valence-electron chi connectivity index (χ2n) is 7.38. The Morgan fingerprint density at radius 1 is 1.29 bits per heavy atom. The van der Waals surface area contributed by atoms with Gasteiger partial charge in [-0.3, -0.25) is 0 Å². The van der Waals surface area contributed by atoms with Crippen LogP contribution in [0.1, 0.15) is 57.9 Å². The third-order valence-electron chi connectivity index (χ3n) is 3.89. The fourth-order valence-corrected chi connectivity index (χ4v) is 2.41. The Bertz CT molecular complexity index is 460. The van der Waals surface area contributed by atoms with E-state index in [9.17, 15) is 0 Å². The molecule has 21 heavy (non-hydrogen) atoms. The van der Waals surface area contributed by atoms with Gasteiger partial charge in [0.2, 0.25) is 0 Å². The van der Waals surface area contributed by atoms with E-state index in [2.05, 4.69) is 71.8 Å². The van der Waals surface area contributed by atoms with Crippen LogP contribution in [0.25, 0.3) is 0 Å². The van der Waals surface area contributed by atoms with Crippen molar-refractivity contribution >= 4 is 5.82 Å². The summed E-state index contributed by atoms with van der Waals surface area (Å²) in [5.74, 6) is 1.81. The van der Waals surface area contributed by atoms with E-state index in [0.29, 0.717) is 5.92 Å². The summed E-state index contributed by atoms with van der Waals surface area (Å²) in [6.07, 6.45) is 1.20. The highest BCUT2D eigenvalue weighted by atomic mass is 15.2. The van der Waals surface area contributed by atoms with Gasteiger partial charge < -0.3 is 10.2 Å². The molecule has 0 spiro atoms. The number of aromatic nitrogens is 1. The van der Waals surface area contributed by atoms with Crippen molar-refractivity contribution in [3.63, 3.8) is 0 Å². The van der Waals surface area contributed by atoms with Gasteiger partial charge in [-0.1, -0.05) is 20.3 Å². The lowest BCUT2D eigenvalue weighted by atomic mass is 10.0. The predicted octanol–water partition coefficient (Wildman–Crippen LogP) is 4.07. The van der Waals surface area contributed by atoms with Crippen LogP contribution < -0.4 is 10.2 Å². The van der Waals surface area contributed by atoms with Crippen molar-refractivity contribution in [1.29, 1.82) is 0 Å². The Hall–Kier alpha value is -1.09. The van der Waals surface area contributed by atoms with Gasteiger partial charge in [0.15, 0.2) is 0 Å². The van der Waals surface area contributed by atoms with Gasteiger partial charge in [-0.15, -0.1) is 0 Å². The Balaban J connectivity index is 3.05. The van der Waals surface area contributed by atoms with Crippen molar-refractivity contribution in [1.82, 2.24) is 10.3 Å². The molecule has 1 rings (SSSR count). The summed E-state index contributed by atoms with van der Waals surface area (Å²) in [6.45, 7) is 17.3. The molecule has 1 aromatic rings. The van der Waals surface area contributed by atoms with Gasteiger partial charge in [-0.05, 0) is 52.2 Å². The van der Waals surface area contributed by atoms with Crippen LogP contribution >= 0.6 is 0 Å². The lowest BCUT2D eigenvalue weighted by Gasteiger charge is -2.28. The second-order valence-corrected chi connectivity index (χ2v) is 7.38. The molecule has 1 heterocycles. The van der Waals surface area contributed by atoms with Crippen molar-refractivity contribution in [2.45, 2.75) is 67.0 Å². The largest absolute Gasteiger partial charge is 0.359 e. The van der Waals surface area contributed by atoms with Gasteiger partial charge in [0, 0.05) is 36.9 Å². The number of rotatable bonds is 6. The lowest BCUT2D eigenvalue weighted by Crippen LogP contribution is -2.36. The third-order valence-corrected chi connectivity index (χ3v) is 3.89. The highest BCUT2D eigenvalue weighted by molar-refractivity contribution is 5.51. The quantitative estimate of drug-likeness (QED) is 0.856. The molecule has 1 atom stereocenters. The fourth-order valence-electron chi connectivity index (χ4n) is 2.41. The molecule has 0 radical (unpaired) electrons. The van der Waals surface area contributed by atoms with E-state index in [1.165, 1.54) is 17.5 Å². The molecule has 0 aliphatic rings. The summed E-state index contributed by atoms with van der Waals surface area (Å²) in [4.78, 5) is 7.12. The summed E-state index contributed by atoms with van der Waals surface area (Å²) >= 11 is 0. The molecule has 120 valence electrons. The highest BCUT2D eigenvalue weighted by Gasteiger charge is 2.17. The average molecular weight is 291 g/mol. The Morgan fingerprint density at radius 2 is 1.90 bits per heavy atom. The second kappa shape index (κ2) is 7.26. The standard InChI is InChI=1S/C18H33N3/c1-9-13(2)12-21(8)17-16(11-19-18(5,6)7)14(3)10-15(4)20-17/h10,13,19H,9,11-12H2,1-8H3. The first kappa shape index (κ1) is 18.0. The van der Waals surface area contributed by atoms with E-state index >= 15 is 0 Å². The van der Waals surface area contributed by atoms with Gasteiger partial charge in [0.05, 0.1) is 0 Å². The van der Waals surface area contributed by atoms with E-state index < -0.39 is 0 Å². The molecule has 1 N–H and O–H groups in total. The predicted molar refractivity (Wildman–Crippen MR) is 93.0 cm³/mol. The number of anilines is 1. The molecule has 0 aliphatic heterocycles. The van der Waals surface area contributed by atoms with Crippen molar-refractivity contribution in [2.75, 3.05) is 18.5 Å². The summed E-state index contributed by atoms with van der Waals surface area (Å²) in [6, 6.07) is 2.18. The van der Waals surface area contributed by atoms with Gasteiger partial charge in [-0.2, -0.15) is 0 Å². The Labute approximate surface area is 131 Å². The lowest BCUT2D eigenvalue weighted by molar-refractivity contribution is 0.423. The highest BCUT2D eigenvalue weighted by Crippen LogP contribution is 2.23. The van der Waals surface area contributed by atoms with Crippen molar-refractivity contribution in [2.24, 2.45) is 5.92 Å². The number of hydrogen-bond donors (Lipinski definition) is 1. The normalized spacial score (nSPS) is 13.3. The van der Waals surface area contributed by atoms with Crippen LogP contribution in [0.4, 0.5) is 5.82 Å². The number of nitrogens with one attached hydrogen (secondary N) is 1. The van der Waals surface area contributed by atoms with Crippen molar-refractivity contribution < 1.29 is 0 Å². The summed E-state index contributed by atoms with van der Waals surface area (Å²) in [5.41, 5.74) is 3.86.